The summed E-state index contributed by atoms with van der Waals surface area (Å²) < 4.78 is 6.10. The van der Waals surface area contributed by atoms with Gasteiger partial charge in [-0.3, -0.25) is 5.32 Å². The Balaban J connectivity index is 1.77. The van der Waals surface area contributed by atoms with Gasteiger partial charge in [-0.1, -0.05) is 60.7 Å². The number of benzene rings is 2. The number of rotatable bonds is 5. The van der Waals surface area contributed by atoms with Gasteiger partial charge in [0.2, 0.25) is 0 Å². The van der Waals surface area contributed by atoms with Crippen molar-refractivity contribution < 1.29 is 9.72 Å². The van der Waals surface area contributed by atoms with Crippen LogP contribution in [0.1, 0.15) is 43.0 Å². The topological polar surface area (TPSA) is 59.2 Å². The number of H-pyrrole nitrogens is 1. The molecule has 0 saturated heterocycles. The largest absolute Gasteiger partial charge is 0.370 e. The van der Waals surface area contributed by atoms with E-state index >= 15 is 0 Å². The molecule has 2 heterocycles. The number of hydrogen-bond acceptors (Lipinski definition) is 3. The van der Waals surface area contributed by atoms with Crippen molar-refractivity contribution in [2.24, 2.45) is 0 Å². The molecule has 152 valence electrons. The summed E-state index contributed by atoms with van der Waals surface area (Å²) in [6.07, 6.45) is 1.59. The van der Waals surface area contributed by atoms with Crippen molar-refractivity contribution in [1.29, 1.82) is 5.26 Å². The molecule has 0 fully saturated rings. The third-order valence-electron chi connectivity index (χ3n) is 5.63. The number of aromatic nitrogens is 1. The Hall–Kier alpha value is -3.16. The van der Waals surface area contributed by atoms with Gasteiger partial charge >= 0.3 is 0 Å². The monoisotopic (exact) mass is 398 g/mol. The van der Waals surface area contributed by atoms with E-state index in [1.165, 1.54) is 5.56 Å². The zero-order valence-corrected chi connectivity index (χ0v) is 17.8. The number of nitrogens with one attached hydrogen (secondary N) is 2. The van der Waals surface area contributed by atoms with Gasteiger partial charge in [-0.15, -0.1) is 0 Å². The van der Waals surface area contributed by atoms with Gasteiger partial charge in [0.1, 0.15) is 17.3 Å². The summed E-state index contributed by atoms with van der Waals surface area (Å²) in [5, 5.41) is 13.6. The number of hydrogen-bond donors (Lipinski definition) is 1. The van der Waals surface area contributed by atoms with Crippen LogP contribution in [0, 0.1) is 11.3 Å². The molecule has 0 spiro atoms. The molecule has 0 saturated carbocycles. The van der Waals surface area contributed by atoms with Crippen molar-refractivity contribution in [2.45, 2.75) is 51.9 Å². The van der Waals surface area contributed by atoms with E-state index < -0.39 is 0 Å². The molecular formula is C26H28N3O+. The lowest BCUT2D eigenvalue weighted by Crippen LogP contribution is -2.36. The smallest absolute Gasteiger partial charge is 0.291 e. The van der Waals surface area contributed by atoms with Gasteiger partial charge in [-0.05, 0) is 31.9 Å². The SMILES string of the molecule is C[C@@H](Cc1ccccc1)Nc1[nH+]c(-c2ccccc2)c2c(c1C#N)CC(C)(C)OC2. The van der Waals surface area contributed by atoms with E-state index in [-0.39, 0.29) is 11.6 Å². The minimum absolute atomic E-state index is 0.172. The Morgan fingerprint density at radius 1 is 1.07 bits per heavy atom. The molecule has 1 atom stereocenters. The van der Waals surface area contributed by atoms with Crippen molar-refractivity contribution >= 4 is 5.82 Å². The Morgan fingerprint density at radius 3 is 2.40 bits per heavy atom. The number of aromatic amines is 1. The second-order valence-corrected chi connectivity index (χ2v) is 8.65. The molecule has 0 radical (unpaired) electrons. The fourth-order valence-corrected chi connectivity index (χ4v) is 4.16. The molecule has 0 unspecified atom stereocenters. The predicted molar refractivity (Wildman–Crippen MR) is 119 cm³/mol. The fraction of sp³-hybridized carbons (Fsp3) is 0.308. The van der Waals surface area contributed by atoms with E-state index in [2.05, 4.69) is 73.5 Å². The van der Waals surface area contributed by atoms with Gasteiger partial charge in [-0.25, -0.2) is 4.98 Å². The highest BCUT2D eigenvalue weighted by Gasteiger charge is 2.34. The number of fused-ring (bicyclic) bond motifs is 1. The van der Waals surface area contributed by atoms with E-state index in [0.29, 0.717) is 18.6 Å². The first-order chi connectivity index (χ1) is 14.5. The molecule has 1 aromatic heterocycles. The van der Waals surface area contributed by atoms with Crippen LogP contribution in [0.2, 0.25) is 0 Å². The maximum absolute atomic E-state index is 10.1. The highest BCUT2D eigenvalue weighted by atomic mass is 16.5. The first-order valence-corrected chi connectivity index (χ1v) is 10.5. The van der Waals surface area contributed by atoms with Crippen molar-refractivity contribution in [2.75, 3.05) is 5.32 Å². The van der Waals surface area contributed by atoms with Gasteiger partial charge < -0.3 is 4.74 Å². The maximum atomic E-state index is 10.1. The number of nitrogens with zero attached hydrogens (tertiary/aromatic N) is 1. The standard InChI is InChI=1S/C26H27N3O/c1-18(14-19-10-6-4-7-11-19)28-25-22(16-27)21-15-26(2,3)30-17-23(21)24(29-25)20-12-8-5-9-13-20/h4-13,18H,14-15,17H2,1-3H3,(H,28,29)/p+1/t18-/m0/s1. The summed E-state index contributed by atoms with van der Waals surface area (Å²) in [6.45, 7) is 6.82. The van der Waals surface area contributed by atoms with Crippen LogP contribution in [0.5, 0.6) is 0 Å². The lowest BCUT2D eigenvalue weighted by molar-refractivity contribution is -0.349. The molecular weight excluding hydrogens is 370 g/mol. The number of pyridine rings is 1. The molecule has 4 rings (SSSR count). The molecule has 0 bridgehead atoms. The summed E-state index contributed by atoms with van der Waals surface area (Å²) in [5.41, 5.74) is 5.96. The molecule has 4 heteroatoms. The van der Waals surface area contributed by atoms with Crippen LogP contribution < -0.4 is 10.3 Å². The van der Waals surface area contributed by atoms with Crippen LogP contribution in [0.15, 0.2) is 60.7 Å². The van der Waals surface area contributed by atoms with Crippen molar-refractivity contribution in [1.82, 2.24) is 0 Å². The number of ether oxygens (including phenoxy) is 1. The molecule has 1 aliphatic rings. The zero-order valence-electron chi connectivity index (χ0n) is 17.8. The summed E-state index contributed by atoms with van der Waals surface area (Å²) in [5.74, 6) is 0.788. The van der Waals surface area contributed by atoms with Crippen molar-refractivity contribution in [3.05, 3.63) is 82.9 Å². The molecule has 2 N–H and O–H groups in total. The molecule has 3 aromatic rings. The van der Waals surface area contributed by atoms with Gasteiger partial charge in [-0.2, -0.15) is 5.26 Å². The van der Waals surface area contributed by atoms with Gasteiger partial charge in [0, 0.05) is 24.0 Å². The second kappa shape index (κ2) is 8.30. The summed E-state index contributed by atoms with van der Waals surface area (Å²) in [7, 11) is 0. The van der Waals surface area contributed by atoms with Gasteiger partial charge in [0.15, 0.2) is 0 Å². The van der Waals surface area contributed by atoms with Gasteiger partial charge in [0.05, 0.1) is 18.2 Å². The average Bonchev–Trinajstić information content (AvgIpc) is 2.73. The van der Waals surface area contributed by atoms with Crippen molar-refractivity contribution in [3.63, 3.8) is 0 Å². The van der Waals surface area contributed by atoms with Crippen LogP contribution in [0.3, 0.4) is 0 Å². The minimum Gasteiger partial charge on any atom is -0.370 e. The Morgan fingerprint density at radius 2 is 1.73 bits per heavy atom. The van der Waals surface area contributed by atoms with Crippen LogP contribution >= 0.6 is 0 Å². The fourth-order valence-electron chi connectivity index (χ4n) is 4.16. The van der Waals surface area contributed by atoms with Crippen molar-refractivity contribution in [3.8, 4) is 17.3 Å². The molecule has 0 aliphatic carbocycles. The Kier molecular flexibility index (Phi) is 5.57. The van der Waals surface area contributed by atoms with E-state index in [1.807, 2.05) is 24.3 Å². The third-order valence-corrected chi connectivity index (χ3v) is 5.63. The van der Waals surface area contributed by atoms with Crippen LogP contribution in [-0.2, 0) is 24.2 Å². The average molecular weight is 399 g/mol. The first kappa shape index (κ1) is 20.1. The van der Waals surface area contributed by atoms with E-state index in [0.717, 1.165) is 34.6 Å². The first-order valence-electron chi connectivity index (χ1n) is 10.5. The highest BCUT2D eigenvalue weighted by molar-refractivity contribution is 5.67. The predicted octanol–water partition coefficient (Wildman–Crippen LogP) is 4.93. The molecule has 0 amide bonds. The Labute approximate surface area is 178 Å². The lowest BCUT2D eigenvalue weighted by Gasteiger charge is -2.33. The third kappa shape index (κ3) is 4.22. The van der Waals surface area contributed by atoms with Crippen LogP contribution in [0.25, 0.3) is 11.3 Å². The highest BCUT2D eigenvalue weighted by Crippen LogP contribution is 2.36. The molecule has 30 heavy (non-hydrogen) atoms. The van der Waals surface area contributed by atoms with E-state index in [9.17, 15) is 5.26 Å². The summed E-state index contributed by atoms with van der Waals surface area (Å²) in [6, 6.07) is 23.3. The summed E-state index contributed by atoms with van der Waals surface area (Å²) in [4.78, 5) is 3.54. The summed E-state index contributed by atoms with van der Waals surface area (Å²) >= 11 is 0. The normalized spacial score (nSPS) is 15.7. The molecule has 4 nitrogen and oxygen atoms in total. The molecule has 1 aliphatic heterocycles. The second-order valence-electron chi connectivity index (χ2n) is 8.65. The lowest BCUT2D eigenvalue weighted by atomic mass is 9.87. The van der Waals surface area contributed by atoms with Crippen LogP contribution in [0.4, 0.5) is 5.82 Å². The Bertz CT molecular complexity index is 1070. The maximum Gasteiger partial charge on any atom is 0.291 e. The number of nitriles is 1. The number of anilines is 1. The van der Waals surface area contributed by atoms with Crippen LogP contribution in [-0.4, -0.2) is 11.6 Å². The molecule has 2 aromatic carbocycles. The minimum atomic E-state index is -0.291. The zero-order chi connectivity index (χ0) is 21.1. The van der Waals surface area contributed by atoms with E-state index in [1.54, 1.807) is 0 Å². The van der Waals surface area contributed by atoms with Gasteiger partial charge in [0.25, 0.3) is 5.82 Å². The quantitative estimate of drug-likeness (QED) is 0.663. The van der Waals surface area contributed by atoms with E-state index in [4.69, 9.17) is 4.74 Å².